The van der Waals surface area contributed by atoms with E-state index in [1.165, 1.54) is 11.3 Å². The summed E-state index contributed by atoms with van der Waals surface area (Å²) in [7, 11) is 0. The SMILES string of the molecule is CC1(C(=O)O)CCN(C(=O)c2cnc(C3CCCO3)s2)C1. The molecule has 1 aromatic heterocycles. The van der Waals surface area contributed by atoms with Crippen molar-refractivity contribution in [3.63, 3.8) is 0 Å². The van der Waals surface area contributed by atoms with Gasteiger partial charge in [-0.1, -0.05) is 0 Å². The van der Waals surface area contributed by atoms with Gasteiger partial charge in [-0.3, -0.25) is 9.59 Å². The van der Waals surface area contributed by atoms with Crippen molar-refractivity contribution >= 4 is 23.2 Å². The van der Waals surface area contributed by atoms with Gasteiger partial charge in [0.15, 0.2) is 0 Å². The molecule has 2 fully saturated rings. The first-order chi connectivity index (χ1) is 9.99. The van der Waals surface area contributed by atoms with Crippen molar-refractivity contribution in [2.24, 2.45) is 5.41 Å². The van der Waals surface area contributed by atoms with E-state index in [9.17, 15) is 14.7 Å². The Morgan fingerprint density at radius 2 is 2.38 bits per heavy atom. The molecule has 7 heteroatoms. The van der Waals surface area contributed by atoms with Crippen LogP contribution in [0.3, 0.4) is 0 Å². The molecule has 6 nitrogen and oxygen atoms in total. The number of carbonyl (C=O) groups excluding carboxylic acids is 1. The van der Waals surface area contributed by atoms with Gasteiger partial charge in [-0.2, -0.15) is 0 Å². The van der Waals surface area contributed by atoms with E-state index in [-0.39, 0.29) is 18.6 Å². The molecule has 1 amide bonds. The number of amides is 1. The molecule has 1 N–H and O–H groups in total. The second kappa shape index (κ2) is 5.38. The number of hydrogen-bond donors (Lipinski definition) is 1. The van der Waals surface area contributed by atoms with Gasteiger partial charge in [0.05, 0.1) is 11.6 Å². The summed E-state index contributed by atoms with van der Waals surface area (Å²) >= 11 is 1.36. The van der Waals surface area contributed by atoms with Crippen molar-refractivity contribution in [3.8, 4) is 0 Å². The molecule has 0 saturated carbocycles. The first-order valence-corrected chi connectivity index (χ1v) is 7.91. The lowest BCUT2D eigenvalue weighted by atomic mass is 9.90. The van der Waals surface area contributed by atoms with Crippen LogP contribution in [0.4, 0.5) is 0 Å². The zero-order valence-corrected chi connectivity index (χ0v) is 12.7. The summed E-state index contributed by atoms with van der Waals surface area (Å²) in [6.45, 7) is 3.17. The zero-order valence-electron chi connectivity index (χ0n) is 11.9. The number of nitrogens with zero attached hydrogens (tertiary/aromatic N) is 2. The normalized spacial score (nSPS) is 29.0. The number of carbonyl (C=O) groups is 2. The summed E-state index contributed by atoms with van der Waals surface area (Å²) in [6, 6.07) is 0. The maximum absolute atomic E-state index is 12.4. The number of likely N-dealkylation sites (tertiary alicyclic amines) is 1. The minimum Gasteiger partial charge on any atom is -0.481 e. The minimum absolute atomic E-state index is 0.0133. The van der Waals surface area contributed by atoms with E-state index < -0.39 is 11.4 Å². The Morgan fingerprint density at radius 3 is 3.00 bits per heavy atom. The molecule has 2 saturated heterocycles. The molecule has 2 unspecified atom stereocenters. The zero-order chi connectivity index (χ0) is 15.0. The Hall–Kier alpha value is -1.47. The summed E-state index contributed by atoms with van der Waals surface area (Å²) in [5, 5.41) is 10.1. The number of rotatable bonds is 3. The van der Waals surface area contributed by atoms with Crippen molar-refractivity contribution in [2.45, 2.75) is 32.3 Å². The van der Waals surface area contributed by atoms with Gasteiger partial charge in [0.1, 0.15) is 16.0 Å². The molecule has 0 aliphatic carbocycles. The third kappa shape index (κ3) is 2.67. The van der Waals surface area contributed by atoms with E-state index >= 15 is 0 Å². The smallest absolute Gasteiger partial charge is 0.311 e. The summed E-state index contributed by atoms with van der Waals surface area (Å²) in [5.41, 5.74) is -0.836. The van der Waals surface area contributed by atoms with Gasteiger partial charge in [0, 0.05) is 19.7 Å². The van der Waals surface area contributed by atoms with E-state index in [0.717, 1.165) is 24.5 Å². The molecule has 0 bridgehead atoms. The summed E-state index contributed by atoms with van der Waals surface area (Å²) in [4.78, 5) is 30.2. The molecule has 0 aromatic carbocycles. The molecule has 0 radical (unpaired) electrons. The van der Waals surface area contributed by atoms with E-state index in [2.05, 4.69) is 4.98 Å². The van der Waals surface area contributed by atoms with Crippen molar-refractivity contribution in [1.82, 2.24) is 9.88 Å². The van der Waals surface area contributed by atoms with Gasteiger partial charge in [-0.15, -0.1) is 11.3 Å². The average Bonchev–Trinajstić information content (AvgIpc) is 3.18. The van der Waals surface area contributed by atoms with Gasteiger partial charge in [0.25, 0.3) is 5.91 Å². The van der Waals surface area contributed by atoms with Crippen LogP contribution in [0.1, 0.15) is 47.0 Å². The first kappa shape index (κ1) is 14.5. The third-order valence-electron chi connectivity index (χ3n) is 4.22. The van der Waals surface area contributed by atoms with E-state index in [0.29, 0.717) is 17.8 Å². The third-order valence-corrected chi connectivity index (χ3v) is 5.29. The Morgan fingerprint density at radius 1 is 1.57 bits per heavy atom. The second-order valence-corrected chi connectivity index (χ2v) is 6.97. The van der Waals surface area contributed by atoms with Crippen LogP contribution in [-0.2, 0) is 9.53 Å². The van der Waals surface area contributed by atoms with Gasteiger partial charge in [-0.25, -0.2) is 4.98 Å². The molecule has 2 aliphatic rings. The predicted molar refractivity (Wildman–Crippen MR) is 76.3 cm³/mol. The molecule has 3 rings (SSSR count). The molecule has 2 aliphatic heterocycles. The minimum atomic E-state index is -0.845. The maximum Gasteiger partial charge on any atom is 0.311 e. The van der Waals surface area contributed by atoms with E-state index in [1.807, 2.05) is 0 Å². The van der Waals surface area contributed by atoms with Gasteiger partial charge < -0.3 is 14.7 Å². The molecule has 2 atom stereocenters. The predicted octanol–water partition coefficient (Wildman–Crippen LogP) is 1.93. The monoisotopic (exact) mass is 310 g/mol. The highest BCUT2D eigenvalue weighted by Gasteiger charge is 2.42. The fourth-order valence-electron chi connectivity index (χ4n) is 2.77. The Bertz CT molecular complexity index is 567. The van der Waals surface area contributed by atoms with Crippen molar-refractivity contribution in [1.29, 1.82) is 0 Å². The number of aromatic nitrogens is 1. The number of carboxylic acid groups (broad SMARTS) is 1. The summed E-state index contributed by atoms with van der Waals surface area (Å²) < 4.78 is 5.57. The Balaban J connectivity index is 1.70. The number of hydrogen-bond acceptors (Lipinski definition) is 5. The fraction of sp³-hybridized carbons (Fsp3) is 0.643. The number of ether oxygens (including phenoxy) is 1. The summed E-state index contributed by atoms with van der Waals surface area (Å²) in [5.74, 6) is -0.969. The lowest BCUT2D eigenvalue weighted by Gasteiger charge is -2.19. The quantitative estimate of drug-likeness (QED) is 0.923. The molecule has 0 spiro atoms. The Kier molecular flexibility index (Phi) is 3.71. The highest BCUT2D eigenvalue weighted by atomic mass is 32.1. The molecular formula is C14H18N2O4S. The fourth-order valence-corrected chi connectivity index (χ4v) is 3.74. The van der Waals surface area contributed by atoms with Crippen LogP contribution < -0.4 is 0 Å². The van der Waals surface area contributed by atoms with Crippen LogP contribution in [0.5, 0.6) is 0 Å². The van der Waals surface area contributed by atoms with Gasteiger partial charge >= 0.3 is 5.97 Å². The van der Waals surface area contributed by atoms with Crippen molar-refractivity contribution < 1.29 is 19.4 Å². The number of aliphatic carboxylic acids is 1. The average molecular weight is 310 g/mol. The topological polar surface area (TPSA) is 79.7 Å². The van der Waals surface area contributed by atoms with Crippen LogP contribution in [0.15, 0.2) is 6.20 Å². The lowest BCUT2D eigenvalue weighted by Crippen LogP contribution is -2.34. The molecule has 1 aromatic rings. The van der Waals surface area contributed by atoms with Crippen LogP contribution in [-0.4, -0.2) is 46.6 Å². The lowest BCUT2D eigenvalue weighted by molar-refractivity contribution is -0.147. The maximum atomic E-state index is 12.4. The molecule has 3 heterocycles. The van der Waals surface area contributed by atoms with Crippen LogP contribution in [0, 0.1) is 5.41 Å². The van der Waals surface area contributed by atoms with Crippen molar-refractivity contribution in [2.75, 3.05) is 19.7 Å². The molecule has 21 heavy (non-hydrogen) atoms. The van der Waals surface area contributed by atoms with Crippen molar-refractivity contribution in [3.05, 3.63) is 16.1 Å². The second-order valence-electron chi connectivity index (χ2n) is 5.91. The van der Waals surface area contributed by atoms with Crippen LogP contribution >= 0.6 is 11.3 Å². The largest absolute Gasteiger partial charge is 0.481 e. The Labute approximate surface area is 126 Å². The van der Waals surface area contributed by atoms with E-state index in [4.69, 9.17) is 4.74 Å². The summed E-state index contributed by atoms with van der Waals surface area (Å²) in [6.07, 6.45) is 4.06. The highest BCUT2D eigenvalue weighted by Crippen LogP contribution is 2.34. The van der Waals surface area contributed by atoms with Gasteiger partial charge in [0.2, 0.25) is 0 Å². The number of thiazole rings is 1. The highest BCUT2D eigenvalue weighted by molar-refractivity contribution is 7.13. The number of carboxylic acids is 1. The van der Waals surface area contributed by atoms with E-state index in [1.54, 1.807) is 18.0 Å². The molecular weight excluding hydrogens is 292 g/mol. The van der Waals surface area contributed by atoms with Gasteiger partial charge in [-0.05, 0) is 26.2 Å². The standard InChI is InChI=1S/C14H18N2O4S/c1-14(13(18)19)4-5-16(8-14)12(17)10-7-15-11(21-10)9-3-2-6-20-9/h7,9H,2-6,8H2,1H3,(H,18,19). The molecule has 114 valence electrons. The van der Waals surface area contributed by atoms with Crippen LogP contribution in [0.2, 0.25) is 0 Å². The first-order valence-electron chi connectivity index (χ1n) is 7.10. The van der Waals surface area contributed by atoms with Crippen LogP contribution in [0.25, 0.3) is 0 Å².